The molecule has 162 valence electrons. The predicted molar refractivity (Wildman–Crippen MR) is 122 cm³/mol. The summed E-state index contributed by atoms with van der Waals surface area (Å²) in [4.78, 5) is 0. The molecule has 0 bridgehead atoms. The van der Waals surface area contributed by atoms with Gasteiger partial charge in [0.25, 0.3) is 0 Å². The van der Waals surface area contributed by atoms with Gasteiger partial charge in [0.15, 0.2) is 0 Å². The highest BCUT2D eigenvalue weighted by molar-refractivity contribution is 5.38. The fourth-order valence-electron chi connectivity index (χ4n) is 6.96. The summed E-state index contributed by atoms with van der Waals surface area (Å²) >= 11 is 0. The van der Waals surface area contributed by atoms with E-state index in [9.17, 15) is 0 Å². The zero-order valence-electron chi connectivity index (χ0n) is 19.0. The third-order valence-electron chi connectivity index (χ3n) is 8.89. The average Bonchev–Trinajstić information content (AvgIpc) is 2.76. The summed E-state index contributed by atoms with van der Waals surface area (Å²) in [6.07, 6.45) is 19.7. The normalized spacial score (nSPS) is 31.9. The molecule has 0 radical (unpaired) electrons. The minimum atomic E-state index is 0.185. The lowest BCUT2D eigenvalue weighted by molar-refractivity contribution is 0.112. The van der Waals surface area contributed by atoms with Crippen molar-refractivity contribution in [2.24, 2.45) is 23.7 Å². The van der Waals surface area contributed by atoms with Crippen molar-refractivity contribution in [3.8, 4) is 0 Å². The van der Waals surface area contributed by atoms with Gasteiger partial charge in [0.1, 0.15) is 5.82 Å². The van der Waals surface area contributed by atoms with E-state index < -0.39 is 0 Å². The minimum absolute atomic E-state index is 0.185. The van der Waals surface area contributed by atoms with Gasteiger partial charge in [0.2, 0.25) is 0 Å². The lowest BCUT2D eigenvalue weighted by Crippen LogP contribution is -2.31. The van der Waals surface area contributed by atoms with Crippen LogP contribution in [0.2, 0.25) is 0 Å². The van der Waals surface area contributed by atoms with E-state index in [0.29, 0.717) is 5.92 Å². The summed E-state index contributed by atoms with van der Waals surface area (Å²) in [5.74, 6) is 4.20. The summed E-state index contributed by atoms with van der Waals surface area (Å²) in [5, 5.41) is 0. The van der Waals surface area contributed by atoms with E-state index in [0.717, 1.165) is 47.6 Å². The molecule has 0 aromatic heterocycles. The Morgan fingerprint density at radius 3 is 2.52 bits per heavy atom. The van der Waals surface area contributed by atoms with E-state index in [1.807, 2.05) is 0 Å². The molecule has 3 aliphatic carbocycles. The maximum Gasteiger partial charge on any atom is 0.130 e. The molecular weight excluding hydrogens is 355 g/mol. The molecule has 0 aliphatic heterocycles. The van der Waals surface area contributed by atoms with Crippen LogP contribution < -0.4 is 0 Å². The van der Waals surface area contributed by atoms with Gasteiger partial charge in [-0.2, -0.15) is 0 Å². The Morgan fingerprint density at radius 2 is 1.69 bits per heavy atom. The molecule has 29 heavy (non-hydrogen) atoms. The molecule has 1 aromatic rings. The van der Waals surface area contributed by atoms with Crippen molar-refractivity contribution in [1.29, 1.82) is 0 Å². The van der Waals surface area contributed by atoms with Crippen LogP contribution in [0.3, 0.4) is 0 Å². The van der Waals surface area contributed by atoms with Gasteiger partial charge in [-0.3, -0.25) is 0 Å². The molecule has 0 amide bonds. The number of halogens is 1. The first-order chi connectivity index (χ1) is 14.2. The molecule has 2 saturated carbocycles. The predicted octanol–water partition coefficient (Wildman–Crippen LogP) is 8.61. The van der Waals surface area contributed by atoms with Crippen LogP contribution in [0, 0.1) is 29.5 Å². The number of hydrogen-bond donors (Lipinski definition) is 0. The van der Waals surface area contributed by atoms with Crippen LogP contribution in [0.25, 0.3) is 0 Å². The van der Waals surface area contributed by atoms with Crippen LogP contribution in [-0.2, 0) is 12.8 Å². The molecule has 0 saturated heterocycles. The first kappa shape index (κ1) is 21.4. The van der Waals surface area contributed by atoms with Gasteiger partial charge in [-0.05, 0) is 97.6 Å². The third kappa shape index (κ3) is 4.91. The van der Waals surface area contributed by atoms with Gasteiger partial charge in [-0.1, -0.05) is 70.9 Å². The van der Waals surface area contributed by atoms with Crippen molar-refractivity contribution in [3.63, 3.8) is 0 Å². The second-order valence-electron chi connectivity index (χ2n) is 10.7. The van der Waals surface area contributed by atoms with Gasteiger partial charge in [-0.15, -0.1) is 0 Å². The number of unbranched alkanes of at least 4 members (excludes halogenated alkanes) is 3. The first-order valence-corrected chi connectivity index (χ1v) is 13.0. The summed E-state index contributed by atoms with van der Waals surface area (Å²) in [6.45, 7) is 4.58. The van der Waals surface area contributed by atoms with E-state index in [4.69, 9.17) is 0 Å². The van der Waals surface area contributed by atoms with Crippen molar-refractivity contribution < 1.29 is 4.39 Å². The molecule has 1 aromatic carbocycles. The van der Waals surface area contributed by atoms with Crippen molar-refractivity contribution in [2.45, 2.75) is 116 Å². The summed E-state index contributed by atoms with van der Waals surface area (Å²) in [7, 11) is 0. The SMILES string of the molecule is CCCCCCC1CCC2CC(c3ccc4c(c3F)CCC(CC)C4)CCC2C1. The summed E-state index contributed by atoms with van der Waals surface area (Å²) in [5.41, 5.74) is 3.45. The number of benzene rings is 1. The Morgan fingerprint density at radius 1 is 0.862 bits per heavy atom. The van der Waals surface area contributed by atoms with Gasteiger partial charge in [0, 0.05) is 0 Å². The highest BCUT2D eigenvalue weighted by Gasteiger charge is 2.37. The zero-order chi connectivity index (χ0) is 20.2. The Labute approximate surface area is 179 Å². The Bertz CT molecular complexity index is 663. The summed E-state index contributed by atoms with van der Waals surface area (Å²) in [6, 6.07) is 4.46. The van der Waals surface area contributed by atoms with Crippen LogP contribution in [0.15, 0.2) is 12.1 Å². The molecular formula is C28H43F. The van der Waals surface area contributed by atoms with Crippen molar-refractivity contribution >= 4 is 0 Å². The quantitative estimate of drug-likeness (QED) is 0.403. The van der Waals surface area contributed by atoms with Gasteiger partial charge in [0.05, 0.1) is 0 Å². The first-order valence-electron chi connectivity index (χ1n) is 13.0. The van der Waals surface area contributed by atoms with Crippen molar-refractivity contribution in [1.82, 2.24) is 0 Å². The van der Waals surface area contributed by atoms with Gasteiger partial charge in [-0.25, -0.2) is 4.39 Å². The molecule has 2 fully saturated rings. The maximum absolute atomic E-state index is 15.5. The highest BCUT2D eigenvalue weighted by Crippen LogP contribution is 2.49. The topological polar surface area (TPSA) is 0 Å². The molecule has 4 rings (SSSR count). The monoisotopic (exact) mass is 398 g/mol. The Balaban J connectivity index is 1.35. The number of hydrogen-bond acceptors (Lipinski definition) is 0. The zero-order valence-corrected chi connectivity index (χ0v) is 19.0. The van der Waals surface area contributed by atoms with Gasteiger partial charge < -0.3 is 0 Å². The summed E-state index contributed by atoms with van der Waals surface area (Å²) < 4.78 is 15.5. The second-order valence-corrected chi connectivity index (χ2v) is 10.7. The van der Waals surface area contributed by atoms with Crippen molar-refractivity contribution in [3.05, 3.63) is 34.6 Å². The fourth-order valence-corrected chi connectivity index (χ4v) is 6.96. The van der Waals surface area contributed by atoms with Gasteiger partial charge >= 0.3 is 0 Å². The molecule has 0 N–H and O–H groups in total. The van der Waals surface area contributed by atoms with Crippen LogP contribution in [0.5, 0.6) is 0 Å². The molecule has 1 heteroatoms. The molecule has 5 atom stereocenters. The molecule has 3 aliphatic rings. The van der Waals surface area contributed by atoms with Crippen LogP contribution in [0.4, 0.5) is 4.39 Å². The number of rotatable bonds is 7. The van der Waals surface area contributed by atoms with Crippen molar-refractivity contribution in [2.75, 3.05) is 0 Å². The molecule has 0 spiro atoms. The third-order valence-corrected chi connectivity index (χ3v) is 8.89. The molecule has 0 heterocycles. The largest absolute Gasteiger partial charge is 0.206 e. The van der Waals surface area contributed by atoms with Crippen LogP contribution in [-0.4, -0.2) is 0 Å². The lowest BCUT2D eigenvalue weighted by atomic mass is 9.63. The van der Waals surface area contributed by atoms with E-state index in [1.54, 1.807) is 0 Å². The molecule has 0 nitrogen and oxygen atoms in total. The van der Waals surface area contributed by atoms with E-state index >= 15 is 4.39 Å². The maximum atomic E-state index is 15.5. The highest BCUT2D eigenvalue weighted by atomic mass is 19.1. The molecule has 5 unspecified atom stereocenters. The smallest absolute Gasteiger partial charge is 0.130 e. The number of fused-ring (bicyclic) bond motifs is 2. The van der Waals surface area contributed by atoms with Crippen LogP contribution in [0.1, 0.15) is 120 Å². The minimum Gasteiger partial charge on any atom is -0.206 e. The lowest BCUT2D eigenvalue weighted by Gasteiger charge is -2.42. The van der Waals surface area contributed by atoms with E-state index in [1.165, 1.54) is 89.0 Å². The average molecular weight is 399 g/mol. The van der Waals surface area contributed by atoms with E-state index in [2.05, 4.69) is 26.0 Å². The standard InChI is InChI=1S/C28H43F/c1-3-5-6-7-8-21-9-11-23-19-25(13-12-22(23)18-21)27-16-14-24-17-20(4-2)10-15-26(24)28(27)29/h14,16,20-23,25H,3-13,15,17-19H2,1-2H3. The van der Waals surface area contributed by atoms with E-state index in [-0.39, 0.29) is 5.82 Å². The fraction of sp³-hybridized carbons (Fsp3) is 0.786. The Hall–Kier alpha value is -0.850. The van der Waals surface area contributed by atoms with Crippen LogP contribution >= 0.6 is 0 Å². The second kappa shape index (κ2) is 9.97. The Kier molecular flexibility index (Phi) is 7.35.